The first kappa shape index (κ1) is 11.8. The molecule has 6 heteroatoms. The van der Waals surface area contributed by atoms with Gasteiger partial charge in [0.15, 0.2) is 0 Å². The highest BCUT2D eigenvalue weighted by Gasteiger charge is 2.05. The average Bonchev–Trinajstić information content (AvgIpc) is 2.25. The highest BCUT2D eigenvalue weighted by Crippen LogP contribution is 2.30. The molecule has 1 aromatic carbocycles. The number of hydrogen-bond acceptors (Lipinski definition) is 3. The van der Waals surface area contributed by atoms with Gasteiger partial charge in [-0.05, 0) is 34.1 Å². The molecule has 0 amide bonds. The average molecular weight is 364 g/mol. The van der Waals surface area contributed by atoms with Crippen molar-refractivity contribution in [2.24, 2.45) is 0 Å². The lowest BCUT2D eigenvalue weighted by Crippen LogP contribution is -1.91. The molecule has 0 aliphatic carbocycles. The van der Waals surface area contributed by atoms with Gasteiger partial charge >= 0.3 is 6.01 Å². The van der Waals surface area contributed by atoms with E-state index < -0.39 is 0 Å². The largest absolute Gasteiger partial charge is 0.423 e. The maximum atomic E-state index is 5.99. The summed E-state index contributed by atoms with van der Waals surface area (Å²) in [6, 6.07) is 5.58. The molecule has 1 aromatic heterocycles. The van der Waals surface area contributed by atoms with Crippen LogP contribution in [0, 0.1) is 0 Å². The Morgan fingerprint density at radius 1 is 1.06 bits per heavy atom. The quantitative estimate of drug-likeness (QED) is 0.790. The van der Waals surface area contributed by atoms with Gasteiger partial charge in [0, 0.05) is 16.9 Å². The van der Waals surface area contributed by atoms with Crippen LogP contribution in [0.2, 0.25) is 5.02 Å². The lowest BCUT2D eigenvalue weighted by atomic mass is 10.3. The standard InChI is InChI=1S/C10H5Br2ClN2O/c11-6-1-2-9(8(13)3-6)16-10-14-4-7(12)5-15-10/h1-5H. The molecule has 0 atom stereocenters. The lowest BCUT2D eigenvalue weighted by molar-refractivity contribution is 0.441. The molecular weight excluding hydrogens is 359 g/mol. The first-order valence-corrected chi connectivity index (χ1v) is 6.22. The summed E-state index contributed by atoms with van der Waals surface area (Å²) in [5.41, 5.74) is 0. The number of rotatable bonds is 2. The molecule has 0 aliphatic rings. The van der Waals surface area contributed by atoms with Crippen molar-refractivity contribution in [2.75, 3.05) is 0 Å². The second-order valence-corrected chi connectivity index (χ2v) is 5.10. The highest BCUT2D eigenvalue weighted by atomic mass is 79.9. The molecule has 0 saturated heterocycles. The first-order chi connectivity index (χ1) is 7.65. The van der Waals surface area contributed by atoms with Crippen molar-refractivity contribution in [3.8, 4) is 11.8 Å². The molecule has 0 spiro atoms. The second-order valence-electron chi connectivity index (χ2n) is 2.86. The second kappa shape index (κ2) is 5.12. The predicted octanol–water partition coefficient (Wildman–Crippen LogP) is 4.45. The third-order valence-electron chi connectivity index (χ3n) is 1.69. The number of aromatic nitrogens is 2. The molecule has 0 fully saturated rings. The summed E-state index contributed by atoms with van der Waals surface area (Å²) in [7, 11) is 0. The van der Waals surface area contributed by atoms with Crippen LogP contribution in [0.25, 0.3) is 0 Å². The molecule has 0 N–H and O–H groups in total. The van der Waals surface area contributed by atoms with E-state index in [1.807, 2.05) is 6.07 Å². The maximum absolute atomic E-state index is 5.99. The van der Waals surface area contributed by atoms with Gasteiger partial charge in [0.05, 0.1) is 9.50 Å². The summed E-state index contributed by atoms with van der Waals surface area (Å²) >= 11 is 12.5. The molecule has 0 unspecified atom stereocenters. The molecule has 3 nitrogen and oxygen atoms in total. The Hall–Kier alpha value is -0.650. The minimum atomic E-state index is 0.257. The van der Waals surface area contributed by atoms with Gasteiger partial charge in [-0.15, -0.1) is 0 Å². The maximum Gasteiger partial charge on any atom is 0.321 e. The van der Waals surface area contributed by atoms with E-state index in [2.05, 4.69) is 41.8 Å². The van der Waals surface area contributed by atoms with Gasteiger partial charge in [-0.1, -0.05) is 27.5 Å². The van der Waals surface area contributed by atoms with Crippen molar-refractivity contribution >= 4 is 43.5 Å². The van der Waals surface area contributed by atoms with Crippen LogP contribution in [-0.2, 0) is 0 Å². The Kier molecular flexibility index (Phi) is 3.78. The zero-order chi connectivity index (χ0) is 11.5. The summed E-state index contributed by atoms with van der Waals surface area (Å²) in [5.74, 6) is 0.521. The molecule has 0 aliphatic heterocycles. The van der Waals surface area contributed by atoms with E-state index >= 15 is 0 Å². The van der Waals surface area contributed by atoms with Crippen LogP contribution in [0.5, 0.6) is 11.8 Å². The summed E-state index contributed by atoms with van der Waals surface area (Å²) < 4.78 is 7.11. The van der Waals surface area contributed by atoms with Gasteiger partial charge < -0.3 is 4.74 Å². The van der Waals surface area contributed by atoms with Crippen molar-refractivity contribution < 1.29 is 4.74 Å². The van der Waals surface area contributed by atoms with Crippen molar-refractivity contribution in [1.82, 2.24) is 9.97 Å². The fourth-order valence-electron chi connectivity index (χ4n) is 1.01. The van der Waals surface area contributed by atoms with E-state index in [1.54, 1.807) is 24.5 Å². The van der Waals surface area contributed by atoms with Crippen molar-refractivity contribution in [3.05, 3.63) is 44.6 Å². The van der Waals surface area contributed by atoms with Crippen LogP contribution in [-0.4, -0.2) is 9.97 Å². The van der Waals surface area contributed by atoms with Crippen LogP contribution < -0.4 is 4.74 Å². The zero-order valence-electron chi connectivity index (χ0n) is 7.82. The van der Waals surface area contributed by atoms with Crippen LogP contribution in [0.1, 0.15) is 0 Å². The third kappa shape index (κ3) is 2.93. The third-order valence-corrected chi connectivity index (χ3v) is 2.89. The van der Waals surface area contributed by atoms with E-state index in [1.165, 1.54) is 0 Å². The number of hydrogen-bond donors (Lipinski definition) is 0. The highest BCUT2D eigenvalue weighted by molar-refractivity contribution is 9.10. The van der Waals surface area contributed by atoms with Crippen molar-refractivity contribution in [1.29, 1.82) is 0 Å². The van der Waals surface area contributed by atoms with Crippen LogP contribution in [0.15, 0.2) is 39.5 Å². The lowest BCUT2D eigenvalue weighted by Gasteiger charge is -2.05. The van der Waals surface area contributed by atoms with Gasteiger partial charge in [0.25, 0.3) is 0 Å². The summed E-state index contributed by atoms with van der Waals surface area (Å²) in [4.78, 5) is 7.97. The Bertz CT molecular complexity index is 505. The van der Waals surface area contributed by atoms with Crippen molar-refractivity contribution in [2.45, 2.75) is 0 Å². The monoisotopic (exact) mass is 362 g/mol. The fourth-order valence-corrected chi connectivity index (χ4v) is 1.93. The molecule has 1 heterocycles. The van der Waals surface area contributed by atoms with E-state index in [0.717, 1.165) is 8.95 Å². The fraction of sp³-hybridized carbons (Fsp3) is 0. The molecule has 82 valence electrons. The van der Waals surface area contributed by atoms with E-state index in [0.29, 0.717) is 10.8 Å². The summed E-state index contributed by atoms with van der Waals surface area (Å²) in [6.45, 7) is 0. The van der Waals surface area contributed by atoms with E-state index in [4.69, 9.17) is 16.3 Å². The van der Waals surface area contributed by atoms with Gasteiger partial charge in [0.2, 0.25) is 0 Å². The SMILES string of the molecule is Clc1cc(Br)ccc1Oc1ncc(Br)cn1. The Morgan fingerprint density at radius 3 is 2.38 bits per heavy atom. The zero-order valence-corrected chi connectivity index (χ0v) is 11.8. The number of ether oxygens (including phenoxy) is 1. The molecule has 2 aromatic rings. The smallest absolute Gasteiger partial charge is 0.321 e. The van der Waals surface area contributed by atoms with Gasteiger partial charge in [-0.3, -0.25) is 0 Å². The normalized spacial score (nSPS) is 10.2. The summed E-state index contributed by atoms with van der Waals surface area (Å²) in [6.07, 6.45) is 3.21. The minimum absolute atomic E-state index is 0.257. The van der Waals surface area contributed by atoms with Crippen LogP contribution >= 0.6 is 43.5 Å². The van der Waals surface area contributed by atoms with Gasteiger partial charge in [-0.2, -0.15) is 0 Å². The Morgan fingerprint density at radius 2 is 1.75 bits per heavy atom. The molecular formula is C10H5Br2ClN2O. The van der Waals surface area contributed by atoms with Crippen molar-refractivity contribution in [3.63, 3.8) is 0 Å². The number of benzene rings is 1. The Balaban J connectivity index is 2.23. The van der Waals surface area contributed by atoms with Gasteiger partial charge in [-0.25, -0.2) is 9.97 Å². The molecule has 2 rings (SSSR count). The van der Waals surface area contributed by atoms with Crippen LogP contribution in [0.3, 0.4) is 0 Å². The molecule has 16 heavy (non-hydrogen) atoms. The van der Waals surface area contributed by atoms with E-state index in [9.17, 15) is 0 Å². The first-order valence-electron chi connectivity index (χ1n) is 4.25. The minimum Gasteiger partial charge on any atom is -0.423 e. The summed E-state index contributed by atoms with van der Waals surface area (Å²) in [5, 5.41) is 0.501. The molecule has 0 saturated carbocycles. The molecule has 0 radical (unpaired) electrons. The molecule has 0 bridgehead atoms. The van der Waals surface area contributed by atoms with Crippen LogP contribution in [0.4, 0.5) is 0 Å². The van der Waals surface area contributed by atoms with E-state index in [-0.39, 0.29) is 6.01 Å². The van der Waals surface area contributed by atoms with Gasteiger partial charge in [0.1, 0.15) is 5.75 Å². The predicted molar refractivity (Wildman–Crippen MR) is 69.0 cm³/mol. The Labute approximate surface area is 114 Å². The number of nitrogens with zero attached hydrogens (tertiary/aromatic N) is 2. The topological polar surface area (TPSA) is 35.0 Å². The number of halogens is 3.